The van der Waals surface area contributed by atoms with E-state index in [0.717, 1.165) is 17.7 Å². The SMILES string of the molecule is CCc1[nH]ccc1C(=O)N1CCC(C(N)=O)(c2ccccc2)C1. The summed E-state index contributed by atoms with van der Waals surface area (Å²) in [5, 5.41) is 0. The molecule has 120 valence electrons. The van der Waals surface area contributed by atoms with Crippen LogP contribution < -0.4 is 5.73 Å². The van der Waals surface area contributed by atoms with E-state index in [2.05, 4.69) is 4.98 Å². The van der Waals surface area contributed by atoms with Crippen molar-refractivity contribution < 1.29 is 9.59 Å². The summed E-state index contributed by atoms with van der Waals surface area (Å²) in [6.45, 7) is 2.87. The Balaban J connectivity index is 1.89. The van der Waals surface area contributed by atoms with Crippen LogP contribution in [0.4, 0.5) is 0 Å². The zero-order valence-electron chi connectivity index (χ0n) is 13.2. The number of carbonyl (C=O) groups is 2. The number of amides is 2. The fourth-order valence-electron chi connectivity index (χ4n) is 3.39. The maximum Gasteiger partial charge on any atom is 0.255 e. The van der Waals surface area contributed by atoms with Gasteiger partial charge in [0, 0.05) is 25.0 Å². The number of H-pyrrole nitrogens is 1. The van der Waals surface area contributed by atoms with Gasteiger partial charge >= 0.3 is 0 Å². The first kappa shape index (κ1) is 15.3. The smallest absolute Gasteiger partial charge is 0.255 e. The Hall–Kier alpha value is -2.56. The lowest BCUT2D eigenvalue weighted by Crippen LogP contribution is -2.44. The van der Waals surface area contributed by atoms with E-state index in [1.165, 1.54) is 0 Å². The van der Waals surface area contributed by atoms with Crippen LogP contribution in [0.5, 0.6) is 0 Å². The Morgan fingerprint density at radius 3 is 2.65 bits per heavy atom. The second-order valence-corrected chi connectivity index (χ2v) is 6.01. The maximum atomic E-state index is 12.8. The van der Waals surface area contributed by atoms with Gasteiger partial charge in [-0.05, 0) is 24.5 Å². The summed E-state index contributed by atoms with van der Waals surface area (Å²) in [7, 11) is 0. The molecule has 1 aromatic heterocycles. The summed E-state index contributed by atoms with van der Waals surface area (Å²) in [5.74, 6) is -0.411. The quantitative estimate of drug-likeness (QED) is 0.903. The molecule has 1 aliphatic heterocycles. The molecule has 1 fully saturated rings. The minimum absolute atomic E-state index is 0.0397. The highest BCUT2D eigenvalue weighted by atomic mass is 16.2. The second-order valence-electron chi connectivity index (χ2n) is 6.01. The fourth-order valence-corrected chi connectivity index (χ4v) is 3.39. The molecule has 0 bridgehead atoms. The van der Waals surface area contributed by atoms with Gasteiger partial charge in [-0.1, -0.05) is 37.3 Å². The minimum Gasteiger partial charge on any atom is -0.369 e. The summed E-state index contributed by atoms with van der Waals surface area (Å²) < 4.78 is 0. The Morgan fingerprint density at radius 1 is 1.26 bits per heavy atom. The van der Waals surface area contributed by atoms with Crippen LogP contribution in [0.3, 0.4) is 0 Å². The molecule has 5 heteroatoms. The van der Waals surface area contributed by atoms with Crippen molar-refractivity contribution in [3.63, 3.8) is 0 Å². The van der Waals surface area contributed by atoms with Crippen LogP contribution in [-0.2, 0) is 16.6 Å². The van der Waals surface area contributed by atoms with Crippen LogP contribution in [0.2, 0.25) is 0 Å². The van der Waals surface area contributed by atoms with Crippen molar-refractivity contribution in [3.8, 4) is 0 Å². The predicted molar refractivity (Wildman–Crippen MR) is 88.0 cm³/mol. The molecule has 1 saturated heterocycles. The lowest BCUT2D eigenvalue weighted by molar-refractivity contribution is -0.123. The number of likely N-dealkylation sites (tertiary alicyclic amines) is 1. The van der Waals surface area contributed by atoms with Crippen molar-refractivity contribution in [3.05, 3.63) is 59.4 Å². The molecule has 1 aliphatic rings. The molecular weight excluding hydrogens is 290 g/mol. The molecule has 2 aromatic rings. The number of aromatic nitrogens is 1. The van der Waals surface area contributed by atoms with E-state index in [1.54, 1.807) is 17.2 Å². The van der Waals surface area contributed by atoms with Crippen LogP contribution in [0.25, 0.3) is 0 Å². The van der Waals surface area contributed by atoms with E-state index >= 15 is 0 Å². The van der Waals surface area contributed by atoms with Gasteiger partial charge in [-0.25, -0.2) is 0 Å². The van der Waals surface area contributed by atoms with Crippen LogP contribution in [0.1, 0.15) is 35.0 Å². The summed E-state index contributed by atoms with van der Waals surface area (Å²) in [5.41, 5.74) is 7.41. The van der Waals surface area contributed by atoms with Crippen molar-refractivity contribution in [2.45, 2.75) is 25.2 Å². The van der Waals surface area contributed by atoms with Gasteiger partial charge in [-0.3, -0.25) is 9.59 Å². The third kappa shape index (κ3) is 2.52. The van der Waals surface area contributed by atoms with Crippen LogP contribution >= 0.6 is 0 Å². The van der Waals surface area contributed by atoms with E-state index in [4.69, 9.17) is 5.73 Å². The van der Waals surface area contributed by atoms with Crippen molar-refractivity contribution in [1.29, 1.82) is 0 Å². The molecular formula is C18H21N3O2. The van der Waals surface area contributed by atoms with Crippen molar-refractivity contribution in [2.75, 3.05) is 13.1 Å². The average Bonchev–Trinajstić information content (AvgIpc) is 3.22. The third-order valence-corrected chi connectivity index (χ3v) is 4.77. The number of primary amides is 1. The van der Waals surface area contributed by atoms with Gasteiger partial charge in [0.15, 0.2) is 0 Å². The number of nitrogens with one attached hydrogen (secondary N) is 1. The highest BCUT2D eigenvalue weighted by molar-refractivity contribution is 5.97. The number of rotatable bonds is 4. The molecule has 2 heterocycles. The Morgan fingerprint density at radius 2 is 2.00 bits per heavy atom. The van der Waals surface area contributed by atoms with Crippen molar-refractivity contribution in [2.24, 2.45) is 5.73 Å². The Bertz CT molecular complexity index is 723. The van der Waals surface area contributed by atoms with E-state index in [0.29, 0.717) is 25.1 Å². The van der Waals surface area contributed by atoms with Crippen molar-refractivity contribution >= 4 is 11.8 Å². The molecule has 0 radical (unpaired) electrons. The predicted octanol–water partition coefficient (Wildman–Crippen LogP) is 1.85. The Kier molecular flexibility index (Phi) is 3.94. The molecule has 0 saturated carbocycles. The molecule has 3 N–H and O–H groups in total. The summed E-state index contributed by atoms with van der Waals surface area (Å²) in [6.07, 6.45) is 3.10. The largest absolute Gasteiger partial charge is 0.369 e. The first-order valence-electron chi connectivity index (χ1n) is 7.89. The first-order valence-corrected chi connectivity index (χ1v) is 7.89. The van der Waals surface area contributed by atoms with Gasteiger partial charge in [-0.2, -0.15) is 0 Å². The second kappa shape index (κ2) is 5.91. The summed E-state index contributed by atoms with van der Waals surface area (Å²) >= 11 is 0. The van der Waals surface area contributed by atoms with Gasteiger partial charge in [-0.15, -0.1) is 0 Å². The molecule has 0 aliphatic carbocycles. The summed E-state index contributed by atoms with van der Waals surface area (Å²) in [6, 6.07) is 11.3. The first-order chi connectivity index (χ1) is 11.1. The van der Waals surface area contributed by atoms with Gasteiger partial charge in [0.25, 0.3) is 5.91 Å². The molecule has 1 aromatic carbocycles. The van der Waals surface area contributed by atoms with E-state index in [9.17, 15) is 9.59 Å². The van der Waals surface area contributed by atoms with Crippen LogP contribution in [0, 0.1) is 0 Å². The lowest BCUT2D eigenvalue weighted by atomic mass is 9.79. The maximum absolute atomic E-state index is 12.8. The number of nitrogens with zero attached hydrogens (tertiary/aromatic N) is 1. The topological polar surface area (TPSA) is 79.2 Å². The van der Waals surface area contributed by atoms with Gasteiger partial charge in [0.05, 0.1) is 11.0 Å². The average molecular weight is 311 g/mol. The number of carbonyl (C=O) groups excluding carboxylic acids is 2. The van der Waals surface area contributed by atoms with Crippen LogP contribution in [0.15, 0.2) is 42.6 Å². The highest BCUT2D eigenvalue weighted by Gasteiger charge is 2.46. The van der Waals surface area contributed by atoms with E-state index in [1.807, 2.05) is 37.3 Å². The van der Waals surface area contributed by atoms with Gasteiger partial charge in [0.2, 0.25) is 5.91 Å². The number of hydrogen-bond donors (Lipinski definition) is 2. The highest BCUT2D eigenvalue weighted by Crippen LogP contribution is 2.35. The molecule has 1 unspecified atom stereocenters. The van der Waals surface area contributed by atoms with E-state index in [-0.39, 0.29) is 11.8 Å². The molecule has 2 amide bonds. The zero-order valence-corrected chi connectivity index (χ0v) is 13.2. The third-order valence-electron chi connectivity index (χ3n) is 4.77. The standard InChI is InChI=1S/C18H21N3O2/c1-2-15-14(8-10-20-15)16(22)21-11-9-18(12-21,17(19)23)13-6-4-3-5-7-13/h3-8,10,20H,2,9,11-12H2,1H3,(H2,19,23). The number of aryl methyl sites for hydroxylation is 1. The van der Waals surface area contributed by atoms with E-state index < -0.39 is 5.41 Å². The molecule has 0 spiro atoms. The van der Waals surface area contributed by atoms with Crippen LogP contribution in [-0.4, -0.2) is 34.8 Å². The molecule has 3 rings (SSSR count). The number of benzene rings is 1. The summed E-state index contributed by atoms with van der Waals surface area (Å²) in [4.78, 5) is 29.8. The fraction of sp³-hybridized carbons (Fsp3) is 0.333. The monoisotopic (exact) mass is 311 g/mol. The minimum atomic E-state index is -0.792. The molecule has 5 nitrogen and oxygen atoms in total. The molecule has 23 heavy (non-hydrogen) atoms. The number of aromatic amines is 1. The number of nitrogens with two attached hydrogens (primary N) is 1. The zero-order chi connectivity index (χ0) is 16.4. The number of hydrogen-bond acceptors (Lipinski definition) is 2. The van der Waals surface area contributed by atoms with Gasteiger partial charge in [0.1, 0.15) is 0 Å². The van der Waals surface area contributed by atoms with Gasteiger partial charge < -0.3 is 15.6 Å². The van der Waals surface area contributed by atoms with Crippen molar-refractivity contribution in [1.82, 2.24) is 9.88 Å². The lowest BCUT2D eigenvalue weighted by Gasteiger charge is -2.26. The molecule has 1 atom stereocenters. The normalized spacial score (nSPS) is 20.7. The Labute approximate surface area is 135 Å².